The number of hydrogen-bond donors (Lipinski definition) is 3. The molecule has 0 aliphatic heterocycles. The fourth-order valence-corrected chi connectivity index (χ4v) is 2.83. The minimum atomic E-state index is -3.76. The molecule has 2 rings (SSSR count). The Kier molecular flexibility index (Phi) is 5.04. The van der Waals surface area contributed by atoms with Crippen molar-refractivity contribution in [3.63, 3.8) is 0 Å². The summed E-state index contributed by atoms with van der Waals surface area (Å²) in [5.74, 6) is 0.825. The molecule has 0 fully saturated rings. The van der Waals surface area contributed by atoms with Crippen molar-refractivity contribution >= 4 is 10.0 Å². The third-order valence-electron chi connectivity index (χ3n) is 2.71. The zero-order valence-corrected chi connectivity index (χ0v) is 12.6. The number of nitrogens with one attached hydrogen (secondary N) is 3. The van der Waals surface area contributed by atoms with Crippen LogP contribution in [0.15, 0.2) is 21.6 Å². The normalized spacial score (nSPS) is 13.4. The van der Waals surface area contributed by atoms with Crippen LogP contribution in [-0.4, -0.2) is 35.6 Å². The van der Waals surface area contributed by atoms with E-state index in [2.05, 4.69) is 30.7 Å². The number of rotatable bonds is 8. The third-order valence-corrected chi connectivity index (χ3v) is 4.12. The molecule has 10 heteroatoms. The van der Waals surface area contributed by atoms with Gasteiger partial charge in [-0.3, -0.25) is 0 Å². The highest BCUT2D eigenvalue weighted by atomic mass is 32.2. The van der Waals surface area contributed by atoms with Gasteiger partial charge in [-0.2, -0.15) is 9.94 Å². The molecule has 21 heavy (non-hydrogen) atoms. The molecule has 0 radical (unpaired) electrons. The van der Waals surface area contributed by atoms with E-state index in [0.717, 1.165) is 13.0 Å². The van der Waals surface area contributed by atoms with Gasteiger partial charge in [-0.15, -0.1) is 10.2 Å². The molecule has 1 atom stereocenters. The van der Waals surface area contributed by atoms with Crippen molar-refractivity contribution in [2.45, 2.75) is 37.9 Å². The van der Waals surface area contributed by atoms with Crippen LogP contribution < -0.4 is 10.0 Å². The van der Waals surface area contributed by atoms with E-state index in [1.165, 1.54) is 6.07 Å². The quantitative estimate of drug-likeness (QED) is 0.599. The van der Waals surface area contributed by atoms with E-state index in [1.54, 1.807) is 13.0 Å². The topological polar surface area (TPSA) is 126 Å². The Balaban J connectivity index is 2.02. The number of tetrazole rings is 1. The summed E-state index contributed by atoms with van der Waals surface area (Å²) >= 11 is 0. The van der Waals surface area contributed by atoms with Crippen molar-refractivity contribution in [2.75, 3.05) is 6.54 Å². The highest BCUT2D eigenvalue weighted by Gasteiger charge is 2.23. The van der Waals surface area contributed by atoms with E-state index in [1.807, 2.05) is 6.92 Å². The molecule has 2 aromatic rings. The summed E-state index contributed by atoms with van der Waals surface area (Å²) in [5, 5.41) is 16.1. The molecule has 0 spiro atoms. The molecule has 2 aromatic heterocycles. The van der Waals surface area contributed by atoms with Crippen LogP contribution in [0.1, 0.15) is 37.9 Å². The molecule has 0 bridgehead atoms. The third kappa shape index (κ3) is 4.09. The summed E-state index contributed by atoms with van der Waals surface area (Å²) in [4.78, 5) is 0. The summed E-state index contributed by atoms with van der Waals surface area (Å²) in [7, 11) is -3.76. The van der Waals surface area contributed by atoms with Gasteiger partial charge in [0.1, 0.15) is 5.76 Å². The SMILES string of the molecule is CCCNCc1ccc(S(=O)(=O)NC(C)c2nn[nH]n2)o1. The minimum Gasteiger partial charge on any atom is -0.447 e. The zero-order valence-electron chi connectivity index (χ0n) is 11.8. The Labute approximate surface area is 122 Å². The Morgan fingerprint density at radius 3 is 2.90 bits per heavy atom. The van der Waals surface area contributed by atoms with Crippen LogP contribution in [0, 0.1) is 0 Å². The maximum atomic E-state index is 12.2. The number of aromatic nitrogens is 4. The molecule has 0 aliphatic rings. The molecular weight excluding hydrogens is 296 g/mol. The predicted octanol–water partition coefficient (Wildman–Crippen LogP) is 0.332. The van der Waals surface area contributed by atoms with E-state index in [9.17, 15) is 8.42 Å². The first-order chi connectivity index (χ1) is 10.0. The van der Waals surface area contributed by atoms with Crippen LogP contribution in [0.5, 0.6) is 0 Å². The van der Waals surface area contributed by atoms with Crippen LogP contribution in [0.4, 0.5) is 0 Å². The molecule has 116 valence electrons. The maximum Gasteiger partial charge on any atom is 0.274 e. The van der Waals surface area contributed by atoms with Crippen molar-refractivity contribution in [2.24, 2.45) is 0 Å². The van der Waals surface area contributed by atoms with Gasteiger partial charge in [0.25, 0.3) is 10.0 Å². The molecule has 0 saturated heterocycles. The summed E-state index contributed by atoms with van der Waals surface area (Å²) < 4.78 is 32.1. The van der Waals surface area contributed by atoms with Gasteiger partial charge < -0.3 is 9.73 Å². The lowest BCUT2D eigenvalue weighted by Gasteiger charge is -2.08. The van der Waals surface area contributed by atoms with Gasteiger partial charge >= 0.3 is 0 Å². The Morgan fingerprint density at radius 2 is 2.24 bits per heavy atom. The second-order valence-electron chi connectivity index (χ2n) is 4.51. The second kappa shape index (κ2) is 6.78. The molecule has 9 nitrogen and oxygen atoms in total. The lowest BCUT2D eigenvalue weighted by Crippen LogP contribution is -2.27. The number of H-pyrrole nitrogens is 1. The van der Waals surface area contributed by atoms with Gasteiger partial charge in [0.15, 0.2) is 5.82 Å². The van der Waals surface area contributed by atoms with E-state index in [0.29, 0.717) is 12.3 Å². The highest BCUT2D eigenvalue weighted by Crippen LogP contribution is 2.16. The molecule has 0 saturated carbocycles. The van der Waals surface area contributed by atoms with Crippen LogP contribution >= 0.6 is 0 Å². The van der Waals surface area contributed by atoms with Gasteiger partial charge in [0.05, 0.1) is 12.6 Å². The molecule has 1 unspecified atom stereocenters. The van der Waals surface area contributed by atoms with Gasteiger partial charge in [0.2, 0.25) is 5.09 Å². The monoisotopic (exact) mass is 314 g/mol. The molecular formula is C11H18N6O3S. The van der Waals surface area contributed by atoms with E-state index < -0.39 is 16.1 Å². The first-order valence-electron chi connectivity index (χ1n) is 6.58. The summed E-state index contributed by atoms with van der Waals surface area (Å²) in [6, 6.07) is 2.45. The number of hydrogen-bond acceptors (Lipinski definition) is 7. The van der Waals surface area contributed by atoms with Crippen LogP contribution in [0.3, 0.4) is 0 Å². The van der Waals surface area contributed by atoms with Gasteiger partial charge in [0, 0.05) is 0 Å². The van der Waals surface area contributed by atoms with Crippen LogP contribution in [-0.2, 0) is 16.6 Å². The smallest absolute Gasteiger partial charge is 0.274 e. The molecule has 3 N–H and O–H groups in total. The summed E-state index contributed by atoms with van der Waals surface area (Å²) in [5.41, 5.74) is 0. The van der Waals surface area contributed by atoms with Gasteiger partial charge in [-0.25, -0.2) is 8.42 Å². The van der Waals surface area contributed by atoms with Gasteiger partial charge in [-0.1, -0.05) is 12.1 Å². The molecule has 0 aromatic carbocycles. The highest BCUT2D eigenvalue weighted by molar-refractivity contribution is 7.89. The van der Waals surface area contributed by atoms with Crippen molar-refractivity contribution in [3.8, 4) is 0 Å². The largest absolute Gasteiger partial charge is 0.447 e. The first-order valence-corrected chi connectivity index (χ1v) is 8.06. The van der Waals surface area contributed by atoms with E-state index >= 15 is 0 Å². The average Bonchev–Trinajstić information content (AvgIpc) is 3.10. The van der Waals surface area contributed by atoms with E-state index in [-0.39, 0.29) is 10.9 Å². The molecule has 2 heterocycles. The lowest BCUT2D eigenvalue weighted by atomic mass is 10.4. The fourth-order valence-electron chi connectivity index (χ4n) is 1.68. The molecule has 0 amide bonds. The molecule has 0 aliphatic carbocycles. The summed E-state index contributed by atoms with van der Waals surface area (Å²) in [6.07, 6.45) is 0.996. The van der Waals surface area contributed by atoms with Crippen molar-refractivity contribution in [1.82, 2.24) is 30.7 Å². The Morgan fingerprint density at radius 1 is 1.43 bits per heavy atom. The van der Waals surface area contributed by atoms with Crippen molar-refractivity contribution in [1.29, 1.82) is 0 Å². The number of nitrogens with zero attached hydrogens (tertiary/aromatic N) is 3. The fraction of sp³-hybridized carbons (Fsp3) is 0.545. The van der Waals surface area contributed by atoms with Crippen molar-refractivity contribution in [3.05, 3.63) is 23.7 Å². The number of sulfonamides is 1. The standard InChI is InChI=1S/C11H18N6O3S/c1-3-6-12-7-9-4-5-10(20-9)21(18,19)15-8(2)11-13-16-17-14-11/h4-5,8,12,15H,3,6-7H2,1-2H3,(H,13,14,16,17). The Bertz CT molecular complexity index is 651. The van der Waals surface area contributed by atoms with Gasteiger partial charge in [-0.05, 0) is 32.0 Å². The minimum absolute atomic E-state index is 0.133. The van der Waals surface area contributed by atoms with Crippen molar-refractivity contribution < 1.29 is 12.8 Å². The first kappa shape index (κ1) is 15.6. The van der Waals surface area contributed by atoms with Crippen LogP contribution in [0.2, 0.25) is 0 Å². The average molecular weight is 314 g/mol. The zero-order chi connectivity index (χ0) is 15.3. The number of aromatic amines is 1. The Hall–Kier alpha value is -1.78. The number of furan rings is 1. The van der Waals surface area contributed by atoms with Crippen LogP contribution in [0.25, 0.3) is 0 Å². The predicted molar refractivity (Wildman–Crippen MR) is 73.6 cm³/mol. The summed E-state index contributed by atoms with van der Waals surface area (Å²) in [6.45, 7) is 5.00. The van der Waals surface area contributed by atoms with E-state index in [4.69, 9.17) is 4.42 Å². The second-order valence-corrected chi connectivity index (χ2v) is 6.16. The maximum absolute atomic E-state index is 12.2. The lowest BCUT2D eigenvalue weighted by molar-refractivity contribution is 0.398.